The average molecular weight is 383 g/mol. The molecule has 1 aromatic carbocycles. The maximum Gasteiger partial charge on any atom is 0.234 e. The molecule has 3 aliphatic rings. The monoisotopic (exact) mass is 383 g/mol. The minimum Gasteiger partial charge on any atom is -0.369 e. The van der Waals surface area contributed by atoms with Crippen LogP contribution in [0.5, 0.6) is 0 Å². The van der Waals surface area contributed by atoms with Crippen molar-refractivity contribution < 1.29 is 14.4 Å². The Morgan fingerprint density at radius 3 is 2.18 bits per heavy atom. The van der Waals surface area contributed by atoms with E-state index in [-0.39, 0.29) is 23.7 Å². The zero-order valence-electron chi connectivity index (χ0n) is 16.3. The zero-order chi connectivity index (χ0) is 19.5. The van der Waals surface area contributed by atoms with E-state index in [1.807, 2.05) is 12.1 Å². The molecule has 4 rings (SSSR count). The number of piperazine rings is 1. The highest BCUT2D eigenvalue weighted by molar-refractivity contribution is 6.00. The topological polar surface area (TPSA) is 69.7 Å². The molecule has 0 radical (unpaired) electrons. The third-order valence-corrected chi connectivity index (χ3v) is 6.66. The molecular formula is C22H29N3O3. The lowest BCUT2D eigenvalue weighted by Gasteiger charge is -2.42. The first-order valence-corrected chi connectivity index (χ1v) is 10.5. The van der Waals surface area contributed by atoms with E-state index >= 15 is 0 Å². The smallest absolute Gasteiger partial charge is 0.234 e. The van der Waals surface area contributed by atoms with Crippen molar-refractivity contribution in [1.82, 2.24) is 10.2 Å². The molecule has 3 fully saturated rings. The highest BCUT2D eigenvalue weighted by atomic mass is 16.2. The van der Waals surface area contributed by atoms with Crippen LogP contribution < -0.4 is 10.2 Å². The molecule has 150 valence electrons. The minimum atomic E-state index is -0.218. The Morgan fingerprint density at radius 1 is 0.893 bits per heavy atom. The maximum absolute atomic E-state index is 12.1. The lowest BCUT2D eigenvalue weighted by atomic mass is 9.86. The molecule has 6 heteroatoms. The van der Waals surface area contributed by atoms with Gasteiger partial charge < -0.3 is 9.69 Å². The van der Waals surface area contributed by atoms with Gasteiger partial charge in [0.25, 0.3) is 0 Å². The van der Waals surface area contributed by atoms with E-state index in [4.69, 9.17) is 0 Å². The van der Waals surface area contributed by atoms with Gasteiger partial charge in [0.05, 0.1) is 5.92 Å². The fraction of sp³-hybridized carbons (Fsp3) is 0.591. The summed E-state index contributed by atoms with van der Waals surface area (Å²) in [5.74, 6) is -0.289. The second-order valence-electron chi connectivity index (χ2n) is 8.32. The van der Waals surface area contributed by atoms with Crippen molar-refractivity contribution >= 4 is 23.8 Å². The largest absolute Gasteiger partial charge is 0.369 e. The molecule has 1 saturated carbocycles. The first-order valence-electron chi connectivity index (χ1n) is 10.5. The number of hydrogen-bond acceptors (Lipinski definition) is 5. The van der Waals surface area contributed by atoms with Crippen LogP contribution in [0.15, 0.2) is 24.3 Å². The Hall–Kier alpha value is -2.21. The summed E-state index contributed by atoms with van der Waals surface area (Å²) in [6.07, 6.45) is 6.50. The van der Waals surface area contributed by atoms with Crippen LogP contribution in [-0.4, -0.2) is 55.2 Å². The third kappa shape index (κ3) is 4.12. The maximum atomic E-state index is 12.1. The molecule has 1 aliphatic carbocycles. The van der Waals surface area contributed by atoms with Gasteiger partial charge in [0.15, 0.2) is 0 Å². The molecular weight excluding hydrogens is 354 g/mol. The van der Waals surface area contributed by atoms with Gasteiger partial charge in [0, 0.05) is 50.2 Å². The van der Waals surface area contributed by atoms with Crippen LogP contribution in [0.4, 0.5) is 5.69 Å². The van der Waals surface area contributed by atoms with Crippen LogP contribution in [-0.2, 0) is 14.4 Å². The summed E-state index contributed by atoms with van der Waals surface area (Å²) in [5, 5.41) is 2.44. The standard InChI is InChI=1S/C22H29N3O3/c26-15-16-1-5-18(6-2-16)24-11-13-25(14-12-24)19-7-3-17(4-8-19)20-9-10-21(27)23-22(20)28/h3-4,7-8,15-16,18,20H,1-2,5-6,9-14H2,(H,23,27,28). The van der Waals surface area contributed by atoms with Gasteiger partial charge in [-0.05, 0) is 49.8 Å². The molecule has 1 aromatic rings. The number of anilines is 1. The van der Waals surface area contributed by atoms with Gasteiger partial charge in [-0.25, -0.2) is 0 Å². The Kier molecular flexibility index (Phi) is 5.76. The molecule has 28 heavy (non-hydrogen) atoms. The van der Waals surface area contributed by atoms with Crippen molar-refractivity contribution in [2.24, 2.45) is 5.92 Å². The molecule has 2 heterocycles. The molecule has 0 aromatic heterocycles. The predicted molar refractivity (Wildman–Crippen MR) is 107 cm³/mol. The lowest BCUT2D eigenvalue weighted by molar-refractivity contribution is -0.134. The first-order chi connectivity index (χ1) is 13.6. The van der Waals surface area contributed by atoms with Gasteiger partial charge in [0.1, 0.15) is 6.29 Å². The van der Waals surface area contributed by atoms with Gasteiger partial charge in [-0.1, -0.05) is 12.1 Å². The zero-order valence-corrected chi connectivity index (χ0v) is 16.3. The molecule has 6 nitrogen and oxygen atoms in total. The first kappa shape index (κ1) is 19.1. The number of nitrogens with zero attached hydrogens (tertiary/aromatic N) is 2. The molecule has 0 spiro atoms. The van der Waals surface area contributed by atoms with Crippen LogP contribution >= 0.6 is 0 Å². The van der Waals surface area contributed by atoms with Crippen molar-refractivity contribution in [3.63, 3.8) is 0 Å². The Labute approximate surface area is 166 Å². The van der Waals surface area contributed by atoms with Crippen LogP contribution in [0.2, 0.25) is 0 Å². The van der Waals surface area contributed by atoms with E-state index in [1.165, 1.54) is 5.69 Å². The summed E-state index contributed by atoms with van der Waals surface area (Å²) in [4.78, 5) is 39.3. The van der Waals surface area contributed by atoms with Crippen LogP contribution in [0.1, 0.15) is 50.0 Å². The van der Waals surface area contributed by atoms with E-state index in [2.05, 4.69) is 27.2 Å². The summed E-state index contributed by atoms with van der Waals surface area (Å²) >= 11 is 0. The minimum absolute atomic E-state index is 0.171. The van der Waals surface area contributed by atoms with Crippen molar-refractivity contribution in [2.75, 3.05) is 31.1 Å². The second kappa shape index (κ2) is 8.43. The van der Waals surface area contributed by atoms with Crippen molar-refractivity contribution in [2.45, 2.75) is 50.5 Å². The molecule has 2 saturated heterocycles. The van der Waals surface area contributed by atoms with Crippen molar-refractivity contribution in [3.05, 3.63) is 29.8 Å². The fourth-order valence-electron chi connectivity index (χ4n) is 4.88. The van der Waals surface area contributed by atoms with Crippen LogP contribution in [0.3, 0.4) is 0 Å². The number of amides is 2. The summed E-state index contributed by atoms with van der Waals surface area (Å²) in [6.45, 7) is 4.13. The van der Waals surface area contributed by atoms with Crippen LogP contribution in [0.25, 0.3) is 0 Å². The molecule has 0 bridgehead atoms. The molecule has 2 amide bonds. The number of imide groups is 1. The van der Waals surface area contributed by atoms with E-state index in [0.29, 0.717) is 18.9 Å². The van der Waals surface area contributed by atoms with Gasteiger partial charge in [0.2, 0.25) is 11.8 Å². The fourth-order valence-corrected chi connectivity index (χ4v) is 4.88. The number of piperidine rings is 1. The Morgan fingerprint density at radius 2 is 1.57 bits per heavy atom. The number of carbonyl (C=O) groups is 3. The number of hydrogen-bond donors (Lipinski definition) is 1. The summed E-state index contributed by atoms with van der Waals surface area (Å²) in [5.41, 5.74) is 2.18. The predicted octanol–water partition coefficient (Wildman–Crippen LogP) is 2.09. The van der Waals surface area contributed by atoms with E-state index < -0.39 is 0 Å². The van der Waals surface area contributed by atoms with Gasteiger partial charge >= 0.3 is 0 Å². The highest BCUT2D eigenvalue weighted by Crippen LogP contribution is 2.29. The van der Waals surface area contributed by atoms with Crippen molar-refractivity contribution in [1.29, 1.82) is 0 Å². The number of carbonyl (C=O) groups excluding carboxylic acids is 3. The van der Waals surface area contributed by atoms with Crippen LogP contribution in [0, 0.1) is 5.92 Å². The Balaban J connectivity index is 1.31. The number of aldehydes is 1. The van der Waals surface area contributed by atoms with E-state index in [0.717, 1.165) is 63.7 Å². The normalized spacial score (nSPS) is 29.4. The van der Waals surface area contributed by atoms with Gasteiger partial charge in [-0.15, -0.1) is 0 Å². The van der Waals surface area contributed by atoms with E-state index in [1.54, 1.807) is 0 Å². The molecule has 2 aliphatic heterocycles. The van der Waals surface area contributed by atoms with E-state index in [9.17, 15) is 14.4 Å². The quantitative estimate of drug-likeness (QED) is 0.637. The summed E-state index contributed by atoms with van der Waals surface area (Å²) in [7, 11) is 0. The molecule has 1 unspecified atom stereocenters. The number of benzene rings is 1. The molecule has 1 N–H and O–H groups in total. The average Bonchev–Trinajstić information content (AvgIpc) is 2.74. The Bertz CT molecular complexity index is 717. The third-order valence-electron chi connectivity index (χ3n) is 6.66. The highest BCUT2D eigenvalue weighted by Gasteiger charge is 2.29. The molecule has 1 atom stereocenters. The van der Waals surface area contributed by atoms with Gasteiger partial charge in [-0.2, -0.15) is 0 Å². The second-order valence-corrected chi connectivity index (χ2v) is 8.32. The SMILES string of the molecule is O=CC1CCC(N2CCN(c3ccc(C4CCC(=O)NC4=O)cc3)CC2)CC1. The lowest BCUT2D eigenvalue weighted by Crippen LogP contribution is -2.51. The van der Waals surface area contributed by atoms with Crippen molar-refractivity contribution in [3.8, 4) is 0 Å². The summed E-state index contributed by atoms with van der Waals surface area (Å²) < 4.78 is 0. The number of rotatable bonds is 4. The van der Waals surface area contributed by atoms with Gasteiger partial charge in [-0.3, -0.25) is 19.8 Å². The number of nitrogens with one attached hydrogen (secondary N) is 1. The summed E-state index contributed by atoms with van der Waals surface area (Å²) in [6, 6.07) is 8.90.